The number of unbranched alkanes of at least 4 members (excludes halogenated alkanes) is 3. The van der Waals surface area contributed by atoms with Gasteiger partial charge < -0.3 is 9.47 Å². The molecule has 3 rings (SSSR count). The second kappa shape index (κ2) is 4.69. The molecule has 1 saturated heterocycles. The maximum Gasteiger partial charge on any atom is 0.343 e. The molecule has 112 valence electrons. The molecule has 2 fully saturated rings. The Bertz CT molecular complexity index is 555. The van der Waals surface area contributed by atoms with Crippen LogP contribution in [0.15, 0.2) is 0 Å². The lowest BCUT2D eigenvalue weighted by molar-refractivity contribution is -0.677. The zero-order valence-electron chi connectivity index (χ0n) is 12.3. The molecule has 0 aromatic carbocycles. The lowest BCUT2D eigenvalue weighted by Crippen LogP contribution is -2.90. The maximum absolute atomic E-state index is 9.81. The summed E-state index contributed by atoms with van der Waals surface area (Å²) in [5, 5.41) is 19.5. The smallest absolute Gasteiger partial charge is 0.311 e. The molecule has 1 spiro atoms. The number of hydrogen-bond acceptors (Lipinski definition) is 5. The minimum absolute atomic E-state index is 0.115. The Hall–Kier alpha value is -1.63. The molecular formula is C15H21N4O2+. The Labute approximate surface area is 124 Å². The van der Waals surface area contributed by atoms with E-state index in [9.17, 15) is 10.5 Å². The quantitative estimate of drug-likeness (QED) is 0.679. The molecule has 2 aliphatic heterocycles. The fourth-order valence-electron chi connectivity index (χ4n) is 4.20. The maximum atomic E-state index is 9.81. The average Bonchev–Trinajstić information content (AvgIpc) is 2.74. The van der Waals surface area contributed by atoms with E-state index in [2.05, 4.69) is 24.1 Å². The number of amidine groups is 1. The second-order valence-electron chi connectivity index (χ2n) is 6.09. The van der Waals surface area contributed by atoms with Crippen LogP contribution in [-0.2, 0) is 9.47 Å². The van der Waals surface area contributed by atoms with Gasteiger partial charge >= 0.3 is 5.91 Å². The largest absolute Gasteiger partial charge is 0.343 e. The van der Waals surface area contributed by atoms with E-state index in [0.29, 0.717) is 19.0 Å². The number of fused-ring (bicyclic) bond motifs is 2. The molecule has 2 heterocycles. The van der Waals surface area contributed by atoms with Crippen LogP contribution < -0.4 is 10.7 Å². The van der Waals surface area contributed by atoms with E-state index in [4.69, 9.17) is 15.2 Å². The van der Waals surface area contributed by atoms with Gasteiger partial charge in [0.25, 0.3) is 5.84 Å². The third-order valence-electron chi connectivity index (χ3n) is 5.22. The van der Waals surface area contributed by atoms with Crippen molar-refractivity contribution in [3.05, 3.63) is 0 Å². The molecule has 0 amide bonds. The highest BCUT2D eigenvalue weighted by molar-refractivity contribution is 5.93. The highest BCUT2D eigenvalue weighted by Crippen LogP contribution is 2.76. The van der Waals surface area contributed by atoms with Crippen molar-refractivity contribution >= 4 is 5.84 Å². The number of nitrogens with two attached hydrogens (primary N) is 1. The van der Waals surface area contributed by atoms with Crippen molar-refractivity contribution in [2.75, 3.05) is 13.2 Å². The highest BCUT2D eigenvalue weighted by Gasteiger charge is 2.96. The van der Waals surface area contributed by atoms with Crippen LogP contribution in [0, 0.1) is 39.4 Å². The van der Waals surface area contributed by atoms with Gasteiger partial charge in [0, 0.05) is 5.92 Å². The van der Waals surface area contributed by atoms with Crippen LogP contribution in [-0.4, -0.2) is 25.0 Å². The van der Waals surface area contributed by atoms with Crippen molar-refractivity contribution < 1.29 is 14.5 Å². The van der Waals surface area contributed by atoms with Crippen LogP contribution in [0.4, 0.5) is 0 Å². The summed E-state index contributed by atoms with van der Waals surface area (Å²) in [4.78, 5) is 2.95. The minimum atomic E-state index is -1.23. The topological polar surface area (TPSA) is 106 Å². The van der Waals surface area contributed by atoms with Gasteiger partial charge in [-0.3, -0.25) is 5.73 Å². The third kappa shape index (κ3) is 1.44. The van der Waals surface area contributed by atoms with Crippen LogP contribution in [0.2, 0.25) is 0 Å². The van der Waals surface area contributed by atoms with E-state index in [0.717, 1.165) is 25.7 Å². The summed E-state index contributed by atoms with van der Waals surface area (Å²) in [5.74, 6) is -1.01. The van der Waals surface area contributed by atoms with E-state index >= 15 is 0 Å². The molecule has 1 saturated carbocycles. The van der Waals surface area contributed by atoms with E-state index < -0.39 is 16.7 Å². The van der Waals surface area contributed by atoms with Crippen LogP contribution in [0.1, 0.15) is 39.0 Å². The van der Waals surface area contributed by atoms with Gasteiger partial charge in [0.1, 0.15) is 0 Å². The second-order valence-corrected chi connectivity index (χ2v) is 6.09. The number of nitrogens with one attached hydrogen (secondary N) is 1. The van der Waals surface area contributed by atoms with Crippen LogP contribution in [0.3, 0.4) is 0 Å². The Balaban J connectivity index is 1.88. The van der Waals surface area contributed by atoms with Crippen LogP contribution in [0.5, 0.6) is 0 Å². The molecule has 0 aromatic rings. The highest BCUT2D eigenvalue weighted by atomic mass is 16.8. The Kier molecular flexibility index (Phi) is 3.20. The molecule has 0 aromatic heterocycles. The first-order chi connectivity index (χ1) is 10.1. The molecule has 3 N–H and O–H groups in total. The summed E-state index contributed by atoms with van der Waals surface area (Å²) in [5.41, 5.74) is 4.09. The van der Waals surface area contributed by atoms with Crippen LogP contribution in [0.25, 0.3) is 0 Å². The van der Waals surface area contributed by atoms with Gasteiger partial charge in [0.2, 0.25) is 0 Å². The predicted molar refractivity (Wildman–Crippen MR) is 73.1 cm³/mol. The van der Waals surface area contributed by atoms with E-state index in [1.54, 1.807) is 0 Å². The number of nitriles is 2. The zero-order valence-corrected chi connectivity index (χ0v) is 12.3. The number of hydrogen-bond donors (Lipinski definition) is 2. The molecular weight excluding hydrogens is 268 g/mol. The van der Waals surface area contributed by atoms with E-state index in [1.807, 2.05) is 0 Å². The van der Waals surface area contributed by atoms with Crippen molar-refractivity contribution in [1.82, 2.24) is 0 Å². The number of nitrogens with zero attached hydrogens (tertiary/aromatic N) is 2. The first-order valence-electron chi connectivity index (χ1n) is 7.66. The third-order valence-corrected chi connectivity index (χ3v) is 5.22. The van der Waals surface area contributed by atoms with Gasteiger partial charge in [-0.1, -0.05) is 32.6 Å². The first kappa shape index (κ1) is 14.3. The monoisotopic (exact) mass is 289 g/mol. The molecule has 3 atom stereocenters. The van der Waals surface area contributed by atoms with Crippen molar-refractivity contribution in [1.29, 1.82) is 10.5 Å². The molecule has 0 radical (unpaired) electrons. The van der Waals surface area contributed by atoms with Crippen molar-refractivity contribution in [3.8, 4) is 12.1 Å². The summed E-state index contributed by atoms with van der Waals surface area (Å²) in [6.45, 7) is 2.98. The summed E-state index contributed by atoms with van der Waals surface area (Å²) in [7, 11) is 0. The van der Waals surface area contributed by atoms with E-state index in [1.165, 1.54) is 6.42 Å². The summed E-state index contributed by atoms with van der Waals surface area (Å²) in [6, 6.07) is 4.62. The molecule has 21 heavy (non-hydrogen) atoms. The van der Waals surface area contributed by atoms with Gasteiger partial charge in [0.05, 0.1) is 25.4 Å². The first-order valence-corrected chi connectivity index (χ1v) is 7.66. The van der Waals surface area contributed by atoms with Crippen molar-refractivity contribution in [3.63, 3.8) is 0 Å². The van der Waals surface area contributed by atoms with Gasteiger partial charge in [-0.2, -0.15) is 10.5 Å². The zero-order chi connectivity index (χ0) is 15.1. The summed E-state index contributed by atoms with van der Waals surface area (Å²) >= 11 is 0. The molecule has 0 unspecified atom stereocenters. The number of rotatable bonds is 5. The lowest BCUT2D eigenvalue weighted by Gasteiger charge is -2.23. The summed E-state index contributed by atoms with van der Waals surface area (Å²) < 4.78 is 11.4. The van der Waals surface area contributed by atoms with Gasteiger partial charge in [-0.05, 0) is 6.42 Å². The lowest BCUT2D eigenvalue weighted by atomic mass is 9.94. The normalized spacial score (nSPS) is 38.6. The standard InChI is InChI=1S/C15H20N4O2/c1-2-3-4-5-6-11-13(9-16)12(18)19-15(14(11,13)10-17)20-7-8-21-15/h11H,2-8H2,1H3,(H2,18,19)/p+1/t11-,13+,14+/m0/s1. The fraction of sp³-hybridized carbons (Fsp3) is 0.800. The summed E-state index contributed by atoms with van der Waals surface area (Å²) in [6.07, 6.45) is 5.23. The fourth-order valence-corrected chi connectivity index (χ4v) is 4.20. The number of ether oxygens (including phenoxy) is 2. The van der Waals surface area contributed by atoms with Crippen molar-refractivity contribution in [2.45, 2.75) is 44.9 Å². The van der Waals surface area contributed by atoms with E-state index in [-0.39, 0.29) is 5.92 Å². The Morgan fingerprint density at radius 2 is 1.95 bits per heavy atom. The SMILES string of the molecule is CCCCCC[C@H]1[C@]2(C#N)C(N)=[NH+]C3(OCCO3)[C@]12C#N. The van der Waals surface area contributed by atoms with Crippen LogP contribution >= 0.6 is 0 Å². The minimum Gasteiger partial charge on any atom is -0.311 e. The molecule has 1 aliphatic carbocycles. The predicted octanol–water partition coefficient (Wildman–Crippen LogP) is -0.241. The molecule has 3 aliphatic rings. The van der Waals surface area contributed by atoms with Gasteiger partial charge in [0.15, 0.2) is 10.8 Å². The Morgan fingerprint density at radius 1 is 1.24 bits per heavy atom. The van der Waals surface area contributed by atoms with Gasteiger partial charge in [-0.15, -0.1) is 0 Å². The van der Waals surface area contributed by atoms with Crippen molar-refractivity contribution in [2.24, 2.45) is 22.5 Å². The Morgan fingerprint density at radius 3 is 2.52 bits per heavy atom. The molecule has 6 heteroatoms. The molecule has 0 bridgehead atoms. The molecule has 6 nitrogen and oxygen atoms in total. The van der Waals surface area contributed by atoms with Gasteiger partial charge in [-0.25, -0.2) is 4.99 Å². The average molecular weight is 289 g/mol.